The van der Waals surface area contributed by atoms with Crippen LogP contribution in [0.25, 0.3) is 11.4 Å². The molecule has 1 aromatic carbocycles. The minimum absolute atomic E-state index is 0.0332. The quantitative estimate of drug-likeness (QED) is 0.910. The normalized spacial score (nSPS) is 24.8. The van der Waals surface area contributed by atoms with Gasteiger partial charge in [0.1, 0.15) is 11.7 Å². The van der Waals surface area contributed by atoms with E-state index in [9.17, 15) is 13.9 Å². The van der Waals surface area contributed by atoms with E-state index in [2.05, 4.69) is 10.1 Å². The van der Waals surface area contributed by atoms with Gasteiger partial charge >= 0.3 is 0 Å². The Morgan fingerprint density at radius 3 is 2.62 bits per heavy atom. The first-order chi connectivity index (χ1) is 9.94. The van der Waals surface area contributed by atoms with Crippen LogP contribution >= 0.6 is 11.6 Å². The summed E-state index contributed by atoms with van der Waals surface area (Å²) in [5.74, 6) is -3.66. The van der Waals surface area contributed by atoms with Crippen LogP contribution in [0.3, 0.4) is 0 Å². The summed E-state index contributed by atoms with van der Waals surface area (Å²) in [7, 11) is 0. The lowest BCUT2D eigenvalue weighted by molar-refractivity contribution is 0.0290. The van der Waals surface area contributed by atoms with E-state index in [1.165, 1.54) is 12.1 Å². The predicted octanol–water partition coefficient (Wildman–Crippen LogP) is 4.00. The molecule has 2 aliphatic rings. The molecule has 7 heteroatoms. The fourth-order valence-corrected chi connectivity index (χ4v) is 3.48. The van der Waals surface area contributed by atoms with Crippen molar-refractivity contribution in [1.82, 2.24) is 10.1 Å². The predicted molar refractivity (Wildman–Crippen MR) is 70.4 cm³/mol. The van der Waals surface area contributed by atoms with Crippen molar-refractivity contribution in [1.29, 1.82) is 0 Å². The Hall–Kier alpha value is -1.69. The maximum absolute atomic E-state index is 13.9. The third-order valence-electron chi connectivity index (χ3n) is 4.57. The van der Waals surface area contributed by atoms with Crippen molar-refractivity contribution >= 4 is 11.6 Å². The van der Waals surface area contributed by atoms with Gasteiger partial charge in [0, 0.05) is 10.6 Å². The maximum atomic E-state index is 13.9. The molecule has 0 amide bonds. The summed E-state index contributed by atoms with van der Waals surface area (Å²) in [6.07, 6.45) is 1.82. The molecule has 1 aromatic heterocycles. The molecule has 0 saturated heterocycles. The Bertz CT molecular complexity index is 707. The molecule has 21 heavy (non-hydrogen) atoms. The SMILES string of the molecule is Oc1cc(Cl)cc(-c2noc(C3C(F)(F)C34CCC4)n2)c1. The molecule has 2 aliphatic carbocycles. The van der Waals surface area contributed by atoms with E-state index in [4.69, 9.17) is 16.1 Å². The van der Waals surface area contributed by atoms with Crippen molar-refractivity contribution in [2.45, 2.75) is 31.1 Å². The number of halogens is 3. The van der Waals surface area contributed by atoms with Gasteiger partial charge in [0.05, 0.1) is 5.41 Å². The summed E-state index contributed by atoms with van der Waals surface area (Å²) < 4.78 is 32.9. The number of alkyl halides is 2. The van der Waals surface area contributed by atoms with Gasteiger partial charge in [0.2, 0.25) is 11.7 Å². The van der Waals surface area contributed by atoms with Crippen LogP contribution in [0.15, 0.2) is 22.7 Å². The lowest BCUT2D eigenvalue weighted by Crippen LogP contribution is -2.20. The molecular formula is C14H11ClF2N2O2. The Balaban J connectivity index is 1.68. The number of aromatic hydroxyl groups is 1. The zero-order valence-electron chi connectivity index (χ0n) is 10.8. The number of benzene rings is 1. The molecule has 4 rings (SSSR count). The van der Waals surface area contributed by atoms with Crippen LogP contribution in [-0.2, 0) is 0 Å². The fourth-order valence-electron chi connectivity index (χ4n) is 3.25. The summed E-state index contributed by atoms with van der Waals surface area (Å²) in [5, 5.41) is 13.5. The van der Waals surface area contributed by atoms with Crippen LogP contribution in [0.2, 0.25) is 5.02 Å². The standard InChI is InChI=1S/C14H11ClF2N2O2/c15-8-4-7(5-9(20)6-8)11-18-12(21-19-11)10-13(2-1-3-13)14(10,16)17/h4-6,10,20H,1-3H2. The second-order valence-electron chi connectivity index (χ2n) is 5.72. The van der Waals surface area contributed by atoms with Gasteiger partial charge in [-0.25, -0.2) is 8.78 Å². The fraction of sp³-hybridized carbons (Fsp3) is 0.429. The summed E-state index contributed by atoms with van der Waals surface area (Å²) in [5.41, 5.74) is -0.533. The van der Waals surface area contributed by atoms with E-state index in [1.807, 2.05) is 0 Å². The van der Waals surface area contributed by atoms with Crippen LogP contribution < -0.4 is 0 Å². The lowest BCUT2D eigenvalue weighted by atomic mass is 9.79. The van der Waals surface area contributed by atoms with Crippen LogP contribution in [0, 0.1) is 5.41 Å². The smallest absolute Gasteiger partial charge is 0.266 e. The van der Waals surface area contributed by atoms with E-state index in [0.29, 0.717) is 23.4 Å². The van der Waals surface area contributed by atoms with Gasteiger partial charge in [-0.15, -0.1) is 0 Å². The molecule has 4 nitrogen and oxygen atoms in total. The molecule has 2 saturated carbocycles. The van der Waals surface area contributed by atoms with Gasteiger partial charge < -0.3 is 9.63 Å². The summed E-state index contributed by atoms with van der Waals surface area (Å²) >= 11 is 5.84. The zero-order chi connectivity index (χ0) is 14.8. The number of hydrogen-bond donors (Lipinski definition) is 1. The van der Waals surface area contributed by atoms with E-state index >= 15 is 0 Å². The second kappa shape index (κ2) is 3.94. The highest BCUT2D eigenvalue weighted by Crippen LogP contribution is 2.79. The first-order valence-electron chi connectivity index (χ1n) is 6.65. The molecule has 2 aromatic rings. The van der Waals surface area contributed by atoms with Crippen molar-refractivity contribution in [3.05, 3.63) is 29.1 Å². The van der Waals surface area contributed by atoms with E-state index in [-0.39, 0.29) is 17.5 Å². The Morgan fingerprint density at radius 2 is 2.05 bits per heavy atom. The highest BCUT2D eigenvalue weighted by molar-refractivity contribution is 6.31. The molecule has 2 fully saturated rings. The highest BCUT2D eigenvalue weighted by Gasteiger charge is 2.84. The zero-order valence-corrected chi connectivity index (χ0v) is 11.6. The summed E-state index contributed by atoms with van der Waals surface area (Å²) in [4.78, 5) is 4.07. The van der Waals surface area contributed by atoms with Gasteiger partial charge in [-0.05, 0) is 31.0 Å². The molecular weight excluding hydrogens is 302 g/mol. The molecule has 0 radical (unpaired) electrons. The molecule has 1 N–H and O–H groups in total. The van der Waals surface area contributed by atoms with Gasteiger partial charge in [-0.2, -0.15) is 4.98 Å². The van der Waals surface area contributed by atoms with E-state index in [1.54, 1.807) is 6.07 Å². The Morgan fingerprint density at radius 1 is 1.29 bits per heavy atom. The van der Waals surface area contributed by atoms with Gasteiger partial charge in [-0.3, -0.25) is 0 Å². The topological polar surface area (TPSA) is 59.2 Å². The van der Waals surface area contributed by atoms with E-state index in [0.717, 1.165) is 6.42 Å². The minimum Gasteiger partial charge on any atom is -0.508 e. The van der Waals surface area contributed by atoms with Crippen LogP contribution in [-0.4, -0.2) is 21.2 Å². The van der Waals surface area contributed by atoms with Gasteiger partial charge in [0.25, 0.3) is 5.92 Å². The number of rotatable bonds is 2. The van der Waals surface area contributed by atoms with Crippen LogP contribution in [0.1, 0.15) is 31.1 Å². The molecule has 0 aliphatic heterocycles. The van der Waals surface area contributed by atoms with Crippen LogP contribution in [0.5, 0.6) is 5.75 Å². The molecule has 1 spiro atoms. The number of nitrogens with zero attached hydrogens (tertiary/aromatic N) is 2. The number of aromatic nitrogens is 2. The highest BCUT2D eigenvalue weighted by atomic mass is 35.5. The van der Waals surface area contributed by atoms with Crippen LogP contribution in [0.4, 0.5) is 8.78 Å². The molecule has 1 atom stereocenters. The number of phenols is 1. The van der Waals surface area contributed by atoms with Crippen molar-refractivity contribution in [2.24, 2.45) is 5.41 Å². The third-order valence-corrected chi connectivity index (χ3v) is 4.79. The van der Waals surface area contributed by atoms with Gasteiger partial charge in [0.15, 0.2) is 0 Å². The monoisotopic (exact) mass is 312 g/mol. The van der Waals surface area contributed by atoms with E-state index < -0.39 is 17.3 Å². The average molecular weight is 313 g/mol. The molecule has 0 bridgehead atoms. The average Bonchev–Trinajstić information content (AvgIpc) is 2.69. The Kier molecular flexibility index (Phi) is 2.44. The van der Waals surface area contributed by atoms with Crippen molar-refractivity contribution in [3.63, 3.8) is 0 Å². The maximum Gasteiger partial charge on any atom is 0.266 e. The molecule has 1 heterocycles. The molecule has 1 unspecified atom stereocenters. The van der Waals surface area contributed by atoms with Crippen molar-refractivity contribution in [3.8, 4) is 17.1 Å². The lowest BCUT2D eigenvalue weighted by Gasteiger charge is -2.25. The third kappa shape index (κ3) is 1.65. The second-order valence-corrected chi connectivity index (χ2v) is 6.16. The first kappa shape index (κ1) is 13.0. The first-order valence-corrected chi connectivity index (χ1v) is 7.03. The van der Waals surface area contributed by atoms with Crippen molar-refractivity contribution < 1.29 is 18.4 Å². The largest absolute Gasteiger partial charge is 0.508 e. The number of hydrogen-bond acceptors (Lipinski definition) is 4. The summed E-state index contributed by atoms with van der Waals surface area (Å²) in [6.45, 7) is 0. The molecule has 110 valence electrons. The summed E-state index contributed by atoms with van der Waals surface area (Å²) in [6, 6.07) is 4.31. The van der Waals surface area contributed by atoms with Gasteiger partial charge in [-0.1, -0.05) is 23.2 Å². The minimum atomic E-state index is -2.76. The Labute approximate surface area is 123 Å². The number of phenolic OH excluding ortho intramolecular Hbond substituents is 1. The van der Waals surface area contributed by atoms with Crippen molar-refractivity contribution in [2.75, 3.05) is 0 Å².